The molecule has 1 aromatic heterocycles. The van der Waals surface area contributed by atoms with E-state index in [9.17, 15) is 14.0 Å². The highest BCUT2D eigenvalue weighted by atomic mass is 32.2. The first kappa shape index (κ1) is 23.8. The summed E-state index contributed by atoms with van der Waals surface area (Å²) >= 11 is 1.73. The van der Waals surface area contributed by atoms with Gasteiger partial charge in [-0.3, -0.25) is 9.59 Å². The van der Waals surface area contributed by atoms with Crippen molar-refractivity contribution in [1.82, 2.24) is 15.1 Å². The van der Waals surface area contributed by atoms with Gasteiger partial charge >= 0.3 is 0 Å². The molecule has 0 radical (unpaired) electrons. The average molecular weight is 501 g/mol. The van der Waals surface area contributed by atoms with Crippen molar-refractivity contribution in [3.8, 4) is 11.1 Å². The number of nitrogens with zero attached hydrogens (tertiary/aromatic N) is 2. The second-order valence-electron chi connectivity index (χ2n) is 8.62. The monoisotopic (exact) mass is 500 g/mol. The molecular weight excluding hydrogens is 475 g/mol. The first-order chi connectivity index (χ1) is 17.5. The van der Waals surface area contributed by atoms with Crippen molar-refractivity contribution >= 4 is 29.4 Å². The summed E-state index contributed by atoms with van der Waals surface area (Å²) in [5, 5.41) is 10.4. The highest BCUT2D eigenvalue weighted by Crippen LogP contribution is 2.34. The molecule has 0 spiro atoms. The van der Waals surface area contributed by atoms with E-state index < -0.39 is 0 Å². The molecule has 0 fully saturated rings. The first-order valence-corrected chi connectivity index (χ1v) is 12.8. The van der Waals surface area contributed by atoms with Crippen LogP contribution in [0.15, 0.2) is 78.9 Å². The van der Waals surface area contributed by atoms with Gasteiger partial charge in [-0.1, -0.05) is 66.7 Å². The SMILES string of the molecule is O=C(Cn1nc2c(c1NC(=O)Cc1ccc(-c3ccccc3)cc1)CSC2)NCc1ccc(F)cc1. The molecule has 0 bridgehead atoms. The molecule has 5 rings (SSSR count). The second kappa shape index (κ2) is 10.8. The van der Waals surface area contributed by atoms with Gasteiger partial charge in [-0.15, -0.1) is 0 Å². The van der Waals surface area contributed by atoms with Crippen LogP contribution in [0.25, 0.3) is 11.1 Å². The van der Waals surface area contributed by atoms with Gasteiger partial charge in [0.2, 0.25) is 11.8 Å². The fraction of sp³-hybridized carbons (Fsp3) is 0.179. The summed E-state index contributed by atoms with van der Waals surface area (Å²) in [6.07, 6.45) is 0.221. The molecule has 2 N–H and O–H groups in total. The summed E-state index contributed by atoms with van der Waals surface area (Å²) in [7, 11) is 0. The molecule has 8 heteroatoms. The van der Waals surface area contributed by atoms with Crippen LogP contribution in [0.2, 0.25) is 0 Å². The maximum absolute atomic E-state index is 13.1. The lowest BCUT2D eigenvalue weighted by atomic mass is 10.0. The number of carbonyl (C=O) groups is 2. The van der Waals surface area contributed by atoms with Gasteiger partial charge in [-0.05, 0) is 34.4 Å². The van der Waals surface area contributed by atoms with Crippen molar-refractivity contribution in [2.24, 2.45) is 0 Å². The van der Waals surface area contributed by atoms with E-state index in [1.807, 2.05) is 42.5 Å². The summed E-state index contributed by atoms with van der Waals surface area (Å²) in [5.41, 5.74) is 5.80. The van der Waals surface area contributed by atoms with Gasteiger partial charge in [-0.25, -0.2) is 9.07 Å². The zero-order valence-corrected chi connectivity index (χ0v) is 20.4. The van der Waals surface area contributed by atoms with Gasteiger partial charge in [0.1, 0.15) is 18.2 Å². The molecule has 0 atom stereocenters. The Hall–Kier alpha value is -3.91. The summed E-state index contributed by atoms with van der Waals surface area (Å²) in [4.78, 5) is 25.5. The predicted octanol–water partition coefficient (Wildman–Crippen LogP) is 4.93. The third kappa shape index (κ3) is 5.66. The fourth-order valence-electron chi connectivity index (χ4n) is 4.12. The Kier molecular flexibility index (Phi) is 7.13. The molecular formula is C28H25FN4O2S. The number of halogens is 1. The smallest absolute Gasteiger partial charge is 0.242 e. The lowest BCUT2D eigenvalue weighted by Gasteiger charge is -2.12. The van der Waals surface area contributed by atoms with Crippen molar-refractivity contribution in [1.29, 1.82) is 0 Å². The van der Waals surface area contributed by atoms with Gasteiger partial charge < -0.3 is 10.6 Å². The quantitative estimate of drug-likeness (QED) is 0.360. The third-order valence-electron chi connectivity index (χ3n) is 6.00. The average Bonchev–Trinajstić information content (AvgIpc) is 3.47. The number of hydrogen-bond donors (Lipinski definition) is 2. The second-order valence-corrected chi connectivity index (χ2v) is 9.60. The van der Waals surface area contributed by atoms with Crippen LogP contribution >= 0.6 is 11.8 Å². The minimum atomic E-state index is -0.318. The Morgan fingerprint density at radius 2 is 1.56 bits per heavy atom. The van der Waals surface area contributed by atoms with E-state index >= 15 is 0 Å². The molecule has 6 nitrogen and oxygen atoms in total. The standard InChI is InChI=1S/C28H25FN4O2S/c29-23-12-8-20(9-13-23)15-30-27(35)16-33-28(24-17-36-18-25(24)32-33)31-26(34)14-19-6-10-22(11-7-19)21-4-2-1-3-5-21/h1-13H,14-18H2,(H,30,35)(H,31,34). The molecule has 36 heavy (non-hydrogen) atoms. The number of benzene rings is 3. The van der Waals surface area contributed by atoms with Gasteiger partial charge in [-0.2, -0.15) is 16.9 Å². The zero-order valence-electron chi connectivity index (χ0n) is 19.5. The van der Waals surface area contributed by atoms with Crippen LogP contribution in [-0.4, -0.2) is 21.6 Å². The lowest BCUT2D eigenvalue weighted by Crippen LogP contribution is -2.29. The van der Waals surface area contributed by atoms with E-state index in [1.165, 1.54) is 12.1 Å². The van der Waals surface area contributed by atoms with Crippen LogP contribution < -0.4 is 10.6 Å². The Bertz CT molecular complexity index is 1370. The minimum Gasteiger partial charge on any atom is -0.350 e. The van der Waals surface area contributed by atoms with Crippen LogP contribution in [0.3, 0.4) is 0 Å². The number of rotatable bonds is 8. The molecule has 3 aromatic carbocycles. The Morgan fingerprint density at radius 1 is 0.861 bits per heavy atom. The zero-order chi connectivity index (χ0) is 24.9. The maximum Gasteiger partial charge on any atom is 0.242 e. The van der Waals surface area contributed by atoms with E-state index in [2.05, 4.69) is 27.9 Å². The molecule has 2 amide bonds. The van der Waals surface area contributed by atoms with E-state index in [0.29, 0.717) is 5.82 Å². The molecule has 1 aliphatic heterocycles. The first-order valence-electron chi connectivity index (χ1n) is 11.7. The number of hydrogen-bond acceptors (Lipinski definition) is 4. The van der Waals surface area contributed by atoms with Crippen molar-refractivity contribution < 1.29 is 14.0 Å². The normalized spacial score (nSPS) is 12.2. The molecule has 2 heterocycles. The van der Waals surface area contributed by atoms with Crippen molar-refractivity contribution in [2.45, 2.75) is 31.0 Å². The highest BCUT2D eigenvalue weighted by Gasteiger charge is 2.25. The van der Waals surface area contributed by atoms with Crippen molar-refractivity contribution in [3.63, 3.8) is 0 Å². The van der Waals surface area contributed by atoms with Gasteiger partial charge in [0.15, 0.2) is 0 Å². The van der Waals surface area contributed by atoms with E-state index in [0.717, 1.165) is 45.0 Å². The molecule has 4 aromatic rings. The largest absolute Gasteiger partial charge is 0.350 e. The lowest BCUT2D eigenvalue weighted by molar-refractivity contribution is -0.122. The summed E-state index contributed by atoms with van der Waals surface area (Å²) in [6, 6.07) is 24.0. The number of nitrogens with one attached hydrogen (secondary N) is 2. The van der Waals surface area contributed by atoms with E-state index in [4.69, 9.17) is 0 Å². The topological polar surface area (TPSA) is 76.0 Å². The summed E-state index contributed by atoms with van der Waals surface area (Å²) < 4.78 is 14.7. The predicted molar refractivity (Wildman–Crippen MR) is 140 cm³/mol. The van der Waals surface area contributed by atoms with Crippen LogP contribution in [0.5, 0.6) is 0 Å². The van der Waals surface area contributed by atoms with E-state index in [1.54, 1.807) is 28.6 Å². The summed E-state index contributed by atoms with van der Waals surface area (Å²) in [5.74, 6) is 1.37. The van der Waals surface area contributed by atoms with Crippen LogP contribution in [0.1, 0.15) is 22.4 Å². The molecule has 0 saturated heterocycles. The van der Waals surface area contributed by atoms with Gasteiger partial charge in [0, 0.05) is 23.6 Å². The van der Waals surface area contributed by atoms with Gasteiger partial charge in [0.05, 0.1) is 12.1 Å². The van der Waals surface area contributed by atoms with Crippen LogP contribution in [0, 0.1) is 5.82 Å². The molecule has 182 valence electrons. The third-order valence-corrected chi connectivity index (χ3v) is 6.97. The van der Waals surface area contributed by atoms with Gasteiger partial charge in [0.25, 0.3) is 0 Å². The minimum absolute atomic E-state index is 0.0136. The molecule has 1 aliphatic rings. The number of thioether (sulfide) groups is 1. The van der Waals surface area contributed by atoms with Crippen LogP contribution in [-0.2, 0) is 40.6 Å². The number of anilines is 1. The van der Waals surface area contributed by atoms with E-state index in [-0.39, 0.29) is 37.1 Å². The molecule has 0 aliphatic carbocycles. The molecule has 0 unspecified atom stereocenters. The Labute approximate surface area is 212 Å². The van der Waals surface area contributed by atoms with Crippen molar-refractivity contribution in [2.75, 3.05) is 5.32 Å². The molecule has 0 saturated carbocycles. The Balaban J connectivity index is 1.23. The Morgan fingerprint density at radius 3 is 2.31 bits per heavy atom. The number of aromatic nitrogens is 2. The number of carbonyl (C=O) groups excluding carboxylic acids is 2. The van der Waals surface area contributed by atoms with Crippen LogP contribution in [0.4, 0.5) is 10.2 Å². The number of amides is 2. The highest BCUT2D eigenvalue weighted by molar-refractivity contribution is 7.98. The summed E-state index contributed by atoms with van der Waals surface area (Å²) in [6.45, 7) is 0.275. The van der Waals surface area contributed by atoms with Crippen molar-refractivity contribution in [3.05, 3.63) is 107 Å². The maximum atomic E-state index is 13.1. The number of fused-ring (bicyclic) bond motifs is 1. The fourth-order valence-corrected chi connectivity index (χ4v) is 5.16.